The summed E-state index contributed by atoms with van der Waals surface area (Å²) in [6.07, 6.45) is -1.07. The molecule has 1 saturated carbocycles. The summed E-state index contributed by atoms with van der Waals surface area (Å²) in [5.74, 6) is -2.72. The molecular weight excluding hydrogens is 364 g/mol. The van der Waals surface area contributed by atoms with Crippen LogP contribution in [0.25, 0.3) is 0 Å². The number of nitrogens with one attached hydrogen (secondary N) is 1. The van der Waals surface area contributed by atoms with Gasteiger partial charge in [0.15, 0.2) is 6.10 Å². The Hall–Kier alpha value is -2.77. The molecule has 1 aromatic carbocycles. The molecule has 2 rings (SSSR count). The van der Waals surface area contributed by atoms with E-state index in [0.717, 1.165) is 11.1 Å². The van der Waals surface area contributed by atoms with E-state index in [1.165, 1.54) is 6.92 Å². The van der Waals surface area contributed by atoms with E-state index in [4.69, 9.17) is 4.74 Å². The number of hydrogen-bond donors (Lipinski definition) is 1. The lowest BCUT2D eigenvalue weighted by Crippen LogP contribution is -2.32. The molecule has 1 fully saturated rings. The van der Waals surface area contributed by atoms with Gasteiger partial charge in [0.25, 0.3) is 5.91 Å². The Kier molecular flexibility index (Phi) is 6.88. The lowest BCUT2D eigenvalue weighted by atomic mass is 9.88. The summed E-state index contributed by atoms with van der Waals surface area (Å²) in [5, 5.41) is 13.6. The van der Waals surface area contributed by atoms with Gasteiger partial charge in [-0.25, -0.2) is 0 Å². The fourth-order valence-electron chi connectivity index (χ4n) is 3.58. The number of benzene rings is 1. The molecule has 28 heavy (non-hydrogen) atoms. The van der Waals surface area contributed by atoms with Crippen molar-refractivity contribution < 1.29 is 24.0 Å². The number of aryl methyl sites for hydroxylation is 2. The molecule has 0 radical (unpaired) electrons. The number of rotatable bonds is 7. The quantitative estimate of drug-likeness (QED) is 0.435. The number of nitrogens with zero attached hydrogens (tertiary/aromatic N) is 1. The molecule has 1 amide bonds. The molecule has 1 aliphatic rings. The van der Waals surface area contributed by atoms with Crippen LogP contribution in [0.2, 0.25) is 0 Å². The third-order valence-corrected chi connectivity index (χ3v) is 5.26. The van der Waals surface area contributed by atoms with Gasteiger partial charge in [-0.05, 0) is 43.9 Å². The highest BCUT2D eigenvalue weighted by Gasteiger charge is 2.44. The Morgan fingerprint density at radius 3 is 2.68 bits per heavy atom. The van der Waals surface area contributed by atoms with Gasteiger partial charge in [0.2, 0.25) is 6.54 Å². The van der Waals surface area contributed by atoms with Gasteiger partial charge in [-0.2, -0.15) is 0 Å². The number of nitro groups is 1. The number of hydrogen-bond acceptors (Lipinski definition) is 6. The van der Waals surface area contributed by atoms with Crippen LogP contribution in [0, 0.1) is 41.7 Å². The zero-order valence-corrected chi connectivity index (χ0v) is 16.6. The Balaban J connectivity index is 1.95. The Morgan fingerprint density at radius 2 is 2.04 bits per heavy atom. The van der Waals surface area contributed by atoms with Crippen LogP contribution in [0.3, 0.4) is 0 Å². The van der Waals surface area contributed by atoms with Crippen molar-refractivity contribution in [3.63, 3.8) is 0 Å². The lowest BCUT2D eigenvalue weighted by Gasteiger charge is -2.19. The second-order valence-corrected chi connectivity index (χ2v) is 7.58. The minimum absolute atomic E-state index is 0.152. The van der Waals surface area contributed by atoms with Gasteiger partial charge >= 0.3 is 5.97 Å². The highest BCUT2D eigenvalue weighted by atomic mass is 16.6. The average Bonchev–Trinajstić information content (AvgIpc) is 2.84. The summed E-state index contributed by atoms with van der Waals surface area (Å²) in [6.45, 7) is 6.63. The SMILES string of the molecule is Cc1ccc(C)c(NC(=O)[C@H](C)OC(=O)C[C@@H]2C(=O)C[C@@H](C)[C@H]2C[N+](=O)[O-])c1. The number of ketones is 1. The van der Waals surface area contributed by atoms with Crippen molar-refractivity contribution >= 4 is 23.3 Å². The second kappa shape index (κ2) is 8.95. The highest BCUT2D eigenvalue weighted by molar-refractivity contribution is 5.96. The molecule has 0 heterocycles. The van der Waals surface area contributed by atoms with Gasteiger partial charge in [-0.15, -0.1) is 0 Å². The summed E-state index contributed by atoms with van der Waals surface area (Å²) in [7, 11) is 0. The van der Waals surface area contributed by atoms with Crippen LogP contribution in [-0.2, 0) is 19.1 Å². The van der Waals surface area contributed by atoms with Crippen molar-refractivity contribution in [2.45, 2.75) is 46.6 Å². The van der Waals surface area contributed by atoms with Crippen LogP contribution in [0.4, 0.5) is 5.69 Å². The predicted octanol–water partition coefficient (Wildman–Crippen LogP) is 2.68. The van der Waals surface area contributed by atoms with Crippen LogP contribution in [0.5, 0.6) is 0 Å². The number of amides is 1. The van der Waals surface area contributed by atoms with Crippen LogP contribution in [0.1, 0.15) is 37.8 Å². The van der Waals surface area contributed by atoms with Crippen LogP contribution in [0.15, 0.2) is 18.2 Å². The first-order valence-electron chi connectivity index (χ1n) is 9.30. The van der Waals surface area contributed by atoms with E-state index < -0.39 is 34.7 Å². The summed E-state index contributed by atoms with van der Waals surface area (Å²) >= 11 is 0. The number of esters is 1. The molecule has 0 aliphatic heterocycles. The first kappa shape index (κ1) is 21.5. The number of anilines is 1. The molecule has 0 aromatic heterocycles. The minimum atomic E-state index is -1.05. The van der Waals surface area contributed by atoms with Gasteiger partial charge in [-0.1, -0.05) is 19.1 Å². The molecule has 0 spiro atoms. The molecule has 8 heteroatoms. The van der Waals surface area contributed by atoms with Gasteiger partial charge < -0.3 is 10.1 Å². The topological polar surface area (TPSA) is 116 Å². The van der Waals surface area contributed by atoms with E-state index in [-0.39, 0.29) is 31.1 Å². The zero-order valence-electron chi connectivity index (χ0n) is 16.6. The lowest BCUT2D eigenvalue weighted by molar-refractivity contribution is -0.490. The van der Waals surface area contributed by atoms with Crippen LogP contribution < -0.4 is 5.32 Å². The molecule has 1 aliphatic carbocycles. The molecular formula is C20H26N2O6. The number of carbonyl (C=O) groups excluding carboxylic acids is 3. The van der Waals surface area contributed by atoms with Crippen molar-refractivity contribution in [1.29, 1.82) is 0 Å². The third kappa shape index (κ3) is 5.37. The summed E-state index contributed by atoms with van der Waals surface area (Å²) in [5.41, 5.74) is 2.50. The van der Waals surface area contributed by atoms with Gasteiger partial charge in [0.1, 0.15) is 5.78 Å². The smallest absolute Gasteiger partial charge is 0.307 e. The van der Waals surface area contributed by atoms with Gasteiger partial charge in [0.05, 0.1) is 6.42 Å². The molecule has 0 saturated heterocycles. The van der Waals surface area contributed by atoms with Gasteiger partial charge in [-0.3, -0.25) is 24.5 Å². The van der Waals surface area contributed by atoms with Crippen molar-refractivity contribution in [2.75, 3.05) is 11.9 Å². The standard InChI is InChI=1S/C20H26N2O6/c1-11-5-6-12(2)17(7-11)21-20(25)14(4)28-19(24)9-15-16(10-22(26)27)13(3)8-18(15)23/h5-7,13-16H,8-10H2,1-4H3,(H,21,25)/t13-,14+,15+,16-/m1/s1. The van der Waals surface area contributed by atoms with E-state index in [0.29, 0.717) is 5.69 Å². The molecule has 8 nitrogen and oxygen atoms in total. The maximum atomic E-state index is 12.3. The minimum Gasteiger partial charge on any atom is -0.453 e. The zero-order chi connectivity index (χ0) is 21.0. The highest BCUT2D eigenvalue weighted by Crippen LogP contribution is 2.36. The van der Waals surface area contributed by atoms with Gasteiger partial charge in [0, 0.05) is 28.9 Å². The first-order valence-corrected chi connectivity index (χ1v) is 9.30. The molecule has 1 N–H and O–H groups in total. The van der Waals surface area contributed by atoms with Crippen molar-refractivity contribution in [1.82, 2.24) is 0 Å². The second-order valence-electron chi connectivity index (χ2n) is 7.58. The first-order chi connectivity index (χ1) is 13.1. The molecule has 0 unspecified atom stereocenters. The normalized spacial score (nSPS) is 22.6. The van der Waals surface area contributed by atoms with E-state index in [9.17, 15) is 24.5 Å². The largest absolute Gasteiger partial charge is 0.453 e. The summed E-state index contributed by atoms with van der Waals surface area (Å²) in [4.78, 5) is 47.1. The monoisotopic (exact) mass is 390 g/mol. The Labute approximate surface area is 163 Å². The maximum Gasteiger partial charge on any atom is 0.307 e. The summed E-state index contributed by atoms with van der Waals surface area (Å²) in [6, 6.07) is 5.63. The van der Waals surface area contributed by atoms with E-state index in [1.807, 2.05) is 32.0 Å². The molecule has 152 valence electrons. The van der Waals surface area contributed by atoms with Crippen LogP contribution >= 0.6 is 0 Å². The molecule has 4 atom stereocenters. The Morgan fingerprint density at radius 1 is 1.36 bits per heavy atom. The van der Waals surface area contributed by atoms with Crippen molar-refractivity contribution in [3.8, 4) is 0 Å². The number of carbonyl (C=O) groups is 3. The van der Waals surface area contributed by atoms with Crippen molar-refractivity contribution in [2.24, 2.45) is 17.8 Å². The third-order valence-electron chi connectivity index (χ3n) is 5.26. The number of Topliss-reactive ketones (excluding diaryl/α,β-unsaturated/α-hetero) is 1. The van der Waals surface area contributed by atoms with Crippen LogP contribution in [-0.4, -0.2) is 35.2 Å². The Bertz CT molecular complexity index is 791. The van der Waals surface area contributed by atoms with Crippen molar-refractivity contribution in [3.05, 3.63) is 39.4 Å². The molecule has 1 aromatic rings. The fourth-order valence-corrected chi connectivity index (χ4v) is 3.58. The average molecular weight is 390 g/mol. The number of ether oxygens (including phenoxy) is 1. The van der Waals surface area contributed by atoms with E-state index >= 15 is 0 Å². The van der Waals surface area contributed by atoms with E-state index in [1.54, 1.807) is 6.92 Å². The molecule has 0 bridgehead atoms. The predicted molar refractivity (Wildman–Crippen MR) is 102 cm³/mol. The maximum absolute atomic E-state index is 12.3. The fraction of sp³-hybridized carbons (Fsp3) is 0.550. The van der Waals surface area contributed by atoms with E-state index in [2.05, 4.69) is 5.32 Å². The summed E-state index contributed by atoms with van der Waals surface area (Å²) < 4.78 is 5.18.